The fourth-order valence-electron chi connectivity index (χ4n) is 4.06. The number of hydrogen-bond donors (Lipinski definition) is 0. The summed E-state index contributed by atoms with van der Waals surface area (Å²) in [6, 6.07) is 10.1. The predicted molar refractivity (Wildman–Crippen MR) is 133 cm³/mol. The first kappa shape index (κ1) is 25.4. The van der Waals surface area contributed by atoms with E-state index in [4.69, 9.17) is 9.47 Å². The van der Waals surface area contributed by atoms with Gasteiger partial charge >= 0.3 is 5.97 Å². The van der Waals surface area contributed by atoms with Gasteiger partial charge in [-0.15, -0.1) is 4.37 Å². The lowest BCUT2D eigenvalue weighted by molar-refractivity contribution is -0.953. The van der Waals surface area contributed by atoms with Gasteiger partial charge in [-0.2, -0.15) is 4.37 Å². The summed E-state index contributed by atoms with van der Waals surface area (Å²) in [5, 5.41) is 0. The fourth-order valence-corrected chi connectivity index (χ4v) is 4.59. The summed E-state index contributed by atoms with van der Waals surface area (Å²) in [6.45, 7) is 10.1. The second-order valence-corrected chi connectivity index (χ2v) is 10.7. The Bertz CT molecular complexity index is 936. The van der Waals surface area contributed by atoms with Crippen LogP contribution in [-0.4, -0.2) is 45.9 Å². The molecule has 3 rings (SSSR count). The molecule has 6 nitrogen and oxygen atoms in total. The van der Waals surface area contributed by atoms with Crippen LogP contribution in [0, 0.1) is 5.41 Å². The molecule has 2 aromatic rings. The van der Waals surface area contributed by atoms with E-state index in [1.807, 2.05) is 51.1 Å². The number of ether oxygens (including phenoxy) is 2. The largest absolute Gasteiger partial charge is 0.475 e. The minimum absolute atomic E-state index is 0.196. The first-order valence-corrected chi connectivity index (χ1v) is 12.7. The molecule has 0 bridgehead atoms. The van der Waals surface area contributed by atoms with E-state index < -0.39 is 11.6 Å². The van der Waals surface area contributed by atoms with Crippen LogP contribution in [0.4, 0.5) is 0 Å². The van der Waals surface area contributed by atoms with Crippen LogP contribution in [0.1, 0.15) is 77.3 Å². The number of hydrogen-bond acceptors (Lipinski definition) is 6. The molecule has 2 atom stereocenters. The van der Waals surface area contributed by atoms with Crippen LogP contribution in [-0.2, 0) is 9.53 Å². The van der Waals surface area contributed by atoms with Gasteiger partial charge in [0.2, 0.25) is 0 Å². The van der Waals surface area contributed by atoms with E-state index in [-0.39, 0.29) is 5.97 Å². The molecule has 0 fully saturated rings. The van der Waals surface area contributed by atoms with Crippen molar-refractivity contribution < 1.29 is 18.8 Å². The van der Waals surface area contributed by atoms with Crippen molar-refractivity contribution in [3.63, 3.8) is 0 Å². The SMILES string of the molecule is CCCCCCOc1nsnc1C1=CCC[N+](C)(C(OC(=O)C(C)(C)C)c2ccccc2)C1. The lowest BCUT2D eigenvalue weighted by atomic mass is 9.97. The molecule has 33 heavy (non-hydrogen) atoms. The van der Waals surface area contributed by atoms with E-state index >= 15 is 0 Å². The van der Waals surface area contributed by atoms with Crippen molar-refractivity contribution in [1.82, 2.24) is 8.75 Å². The zero-order valence-corrected chi connectivity index (χ0v) is 21.5. The average molecular weight is 473 g/mol. The van der Waals surface area contributed by atoms with Crippen LogP contribution in [0.15, 0.2) is 36.4 Å². The summed E-state index contributed by atoms with van der Waals surface area (Å²) in [4.78, 5) is 12.9. The van der Waals surface area contributed by atoms with Crippen molar-refractivity contribution in [1.29, 1.82) is 0 Å². The van der Waals surface area contributed by atoms with Crippen LogP contribution >= 0.6 is 11.7 Å². The molecule has 2 unspecified atom stereocenters. The molecule has 1 aliphatic heterocycles. The Morgan fingerprint density at radius 2 is 1.91 bits per heavy atom. The lowest BCUT2D eigenvalue weighted by Gasteiger charge is -2.43. The topological polar surface area (TPSA) is 61.3 Å². The number of likely N-dealkylation sites (N-methyl/N-ethyl adjacent to an activating group) is 1. The van der Waals surface area contributed by atoms with Crippen LogP contribution < -0.4 is 4.74 Å². The van der Waals surface area contributed by atoms with Gasteiger partial charge in [0.05, 0.1) is 42.9 Å². The summed E-state index contributed by atoms with van der Waals surface area (Å²) in [5.41, 5.74) is 2.36. The number of unbranched alkanes of at least 4 members (excludes halogenated alkanes) is 3. The Labute approximate surface area is 202 Å². The van der Waals surface area contributed by atoms with Crippen molar-refractivity contribution in [2.24, 2.45) is 5.41 Å². The van der Waals surface area contributed by atoms with Crippen LogP contribution in [0.3, 0.4) is 0 Å². The lowest BCUT2D eigenvalue weighted by Crippen LogP contribution is -2.52. The van der Waals surface area contributed by atoms with E-state index in [1.54, 1.807) is 0 Å². The molecule has 1 aliphatic rings. The maximum Gasteiger partial charge on any atom is 0.315 e. The number of carbonyl (C=O) groups is 1. The third-order valence-electron chi connectivity index (χ3n) is 6.04. The normalized spacial score (nSPS) is 19.6. The van der Waals surface area contributed by atoms with Crippen molar-refractivity contribution in [2.45, 2.75) is 66.0 Å². The zero-order valence-electron chi connectivity index (χ0n) is 20.7. The molecule has 0 spiro atoms. The number of carbonyl (C=O) groups excluding carboxylic acids is 1. The van der Waals surface area contributed by atoms with E-state index in [9.17, 15) is 4.79 Å². The quantitative estimate of drug-likeness (QED) is 0.240. The third kappa shape index (κ3) is 6.64. The Kier molecular flexibility index (Phi) is 8.65. The third-order valence-corrected chi connectivity index (χ3v) is 6.56. The minimum atomic E-state index is -0.571. The maximum atomic E-state index is 12.9. The summed E-state index contributed by atoms with van der Waals surface area (Å²) < 4.78 is 21.7. The number of quaternary nitrogens is 1. The second kappa shape index (κ2) is 11.3. The van der Waals surface area contributed by atoms with Gasteiger partial charge in [0.15, 0.2) is 0 Å². The monoisotopic (exact) mass is 472 g/mol. The maximum absolute atomic E-state index is 12.9. The zero-order chi connectivity index (χ0) is 23.9. The van der Waals surface area contributed by atoms with Crippen molar-refractivity contribution in [3.05, 3.63) is 47.7 Å². The highest BCUT2D eigenvalue weighted by Gasteiger charge is 2.42. The van der Waals surface area contributed by atoms with Gasteiger partial charge in [-0.25, -0.2) is 0 Å². The van der Waals surface area contributed by atoms with Gasteiger partial charge in [-0.3, -0.25) is 9.28 Å². The Morgan fingerprint density at radius 1 is 1.15 bits per heavy atom. The first-order chi connectivity index (χ1) is 15.7. The molecule has 0 N–H and O–H groups in total. The van der Waals surface area contributed by atoms with Crippen LogP contribution in [0.2, 0.25) is 0 Å². The van der Waals surface area contributed by atoms with Gasteiger partial charge in [0.1, 0.15) is 12.2 Å². The van der Waals surface area contributed by atoms with E-state index in [2.05, 4.69) is 28.8 Å². The summed E-state index contributed by atoms with van der Waals surface area (Å²) in [6.07, 6.45) is 7.32. The van der Waals surface area contributed by atoms with Crippen molar-refractivity contribution in [3.8, 4) is 5.88 Å². The number of nitrogens with zero attached hydrogens (tertiary/aromatic N) is 3. The van der Waals surface area contributed by atoms with Gasteiger partial charge < -0.3 is 9.47 Å². The number of rotatable bonds is 10. The van der Waals surface area contributed by atoms with Gasteiger partial charge in [-0.1, -0.05) is 50.5 Å². The standard InChI is InChI=1S/C26H38N3O3S/c1-6-7-8-12-18-31-23-22(27-33-28-23)21-16-13-17-29(5,19-21)24(20-14-10-9-11-15-20)32-25(30)26(2,3)4/h9-11,14-16,24H,6-8,12-13,17-19H2,1-5H3/q+1. The van der Waals surface area contributed by atoms with Crippen molar-refractivity contribution in [2.75, 3.05) is 26.7 Å². The second-order valence-electron chi connectivity index (χ2n) is 10.1. The fraction of sp³-hybridized carbons (Fsp3) is 0.577. The highest BCUT2D eigenvalue weighted by atomic mass is 32.1. The van der Waals surface area contributed by atoms with Crippen LogP contribution in [0.5, 0.6) is 5.88 Å². The molecule has 180 valence electrons. The molecule has 1 aromatic heterocycles. The number of aromatic nitrogens is 2. The summed E-state index contributed by atoms with van der Waals surface area (Å²) >= 11 is 1.19. The molecule has 1 aromatic carbocycles. The Balaban J connectivity index is 1.80. The van der Waals surface area contributed by atoms with Crippen LogP contribution in [0.25, 0.3) is 5.57 Å². The summed E-state index contributed by atoms with van der Waals surface area (Å²) in [7, 11) is 2.16. The predicted octanol–water partition coefficient (Wildman–Crippen LogP) is 6.02. The molecular weight excluding hydrogens is 434 g/mol. The first-order valence-electron chi connectivity index (χ1n) is 12.0. The molecule has 2 heterocycles. The van der Waals surface area contributed by atoms with Crippen molar-refractivity contribution >= 4 is 23.3 Å². The van der Waals surface area contributed by atoms with E-state index in [0.717, 1.165) is 36.2 Å². The minimum Gasteiger partial charge on any atom is -0.475 e. The highest BCUT2D eigenvalue weighted by molar-refractivity contribution is 6.99. The van der Waals surface area contributed by atoms with E-state index in [0.29, 0.717) is 23.5 Å². The summed E-state index contributed by atoms with van der Waals surface area (Å²) in [5.74, 6) is 0.428. The van der Waals surface area contributed by atoms with Gasteiger partial charge in [-0.05, 0) is 39.3 Å². The molecule has 0 saturated carbocycles. The molecular formula is C26H38N3O3S+. The van der Waals surface area contributed by atoms with E-state index in [1.165, 1.54) is 31.0 Å². The number of benzene rings is 1. The highest BCUT2D eigenvalue weighted by Crippen LogP contribution is 2.38. The number of esters is 1. The van der Waals surface area contributed by atoms with Gasteiger partial charge in [0, 0.05) is 12.0 Å². The molecule has 0 aliphatic carbocycles. The Morgan fingerprint density at radius 3 is 2.61 bits per heavy atom. The molecule has 0 saturated heterocycles. The molecule has 0 amide bonds. The molecule has 7 heteroatoms. The smallest absolute Gasteiger partial charge is 0.315 e. The average Bonchev–Trinajstić information content (AvgIpc) is 3.25. The Hall–Kier alpha value is -2.25. The molecule has 0 radical (unpaired) electrons. The van der Waals surface area contributed by atoms with Gasteiger partial charge in [0.25, 0.3) is 12.1 Å².